The molecule has 1 aliphatic carbocycles. The van der Waals surface area contributed by atoms with E-state index in [1.807, 2.05) is 31.2 Å². The first-order valence-corrected chi connectivity index (χ1v) is 5.84. The van der Waals surface area contributed by atoms with E-state index in [-0.39, 0.29) is 5.91 Å². The van der Waals surface area contributed by atoms with Crippen molar-refractivity contribution in [3.63, 3.8) is 0 Å². The average molecular weight is 218 g/mol. The standard InChI is InChI=1S/C13H18N2O/c1-10-3-2-4-11(9-10)13(16)15-8-7-14-12-5-6-12/h2-4,9,12,14H,5-8H2,1H3,(H,15,16). The number of carbonyl (C=O) groups is 1. The molecule has 1 saturated carbocycles. The molecule has 1 aromatic carbocycles. The predicted molar refractivity (Wildman–Crippen MR) is 64.5 cm³/mol. The van der Waals surface area contributed by atoms with Crippen molar-refractivity contribution in [3.05, 3.63) is 35.4 Å². The average Bonchev–Trinajstić information content (AvgIpc) is 3.08. The molecule has 3 heteroatoms. The van der Waals surface area contributed by atoms with Gasteiger partial charge in [-0.05, 0) is 31.9 Å². The van der Waals surface area contributed by atoms with Gasteiger partial charge in [-0.1, -0.05) is 17.7 Å². The van der Waals surface area contributed by atoms with Gasteiger partial charge in [0, 0.05) is 24.7 Å². The molecule has 86 valence electrons. The van der Waals surface area contributed by atoms with E-state index in [2.05, 4.69) is 10.6 Å². The Hall–Kier alpha value is -1.35. The number of hydrogen-bond acceptors (Lipinski definition) is 2. The molecule has 1 fully saturated rings. The number of amides is 1. The topological polar surface area (TPSA) is 41.1 Å². The van der Waals surface area contributed by atoms with Crippen LogP contribution in [0, 0.1) is 6.92 Å². The Labute approximate surface area is 96.2 Å². The SMILES string of the molecule is Cc1cccc(C(=O)NCCNC2CC2)c1. The Balaban J connectivity index is 1.73. The van der Waals surface area contributed by atoms with Gasteiger partial charge in [0.25, 0.3) is 5.91 Å². The molecule has 1 amide bonds. The number of benzene rings is 1. The highest BCUT2D eigenvalue weighted by Crippen LogP contribution is 2.17. The largest absolute Gasteiger partial charge is 0.351 e. The van der Waals surface area contributed by atoms with Gasteiger partial charge in [0.05, 0.1) is 0 Å². The van der Waals surface area contributed by atoms with E-state index in [0.717, 1.165) is 17.7 Å². The van der Waals surface area contributed by atoms with Gasteiger partial charge in [0.15, 0.2) is 0 Å². The summed E-state index contributed by atoms with van der Waals surface area (Å²) in [5.74, 6) is 0.0151. The van der Waals surface area contributed by atoms with Crippen molar-refractivity contribution in [2.24, 2.45) is 0 Å². The van der Waals surface area contributed by atoms with Crippen LogP contribution in [0.25, 0.3) is 0 Å². The minimum absolute atomic E-state index is 0.0151. The van der Waals surface area contributed by atoms with Crippen LogP contribution in [0.1, 0.15) is 28.8 Å². The Morgan fingerprint density at radius 2 is 2.19 bits per heavy atom. The summed E-state index contributed by atoms with van der Waals surface area (Å²) >= 11 is 0. The molecule has 0 saturated heterocycles. The second-order valence-electron chi connectivity index (χ2n) is 4.35. The smallest absolute Gasteiger partial charge is 0.251 e. The van der Waals surface area contributed by atoms with Crippen molar-refractivity contribution in [1.29, 1.82) is 0 Å². The van der Waals surface area contributed by atoms with Crippen LogP contribution in [0.15, 0.2) is 24.3 Å². The molecule has 0 atom stereocenters. The highest BCUT2D eigenvalue weighted by molar-refractivity contribution is 5.94. The van der Waals surface area contributed by atoms with E-state index in [0.29, 0.717) is 12.6 Å². The molecule has 16 heavy (non-hydrogen) atoms. The number of hydrogen-bond donors (Lipinski definition) is 2. The maximum absolute atomic E-state index is 11.7. The third-order valence-corrected chi connectivity index (χ3v) is 2.70. The molecule has 0 aliphatic heterocycles. The van der Waals surface area contributed by atoms with Crippen LogP contribution in [0.2, 0.25) is 0 Å². The highest BCUT2D eigenvalue weighted by atomic mass is 16.1. The summed E-state index contributed by atoms with van der Waals surface area (Å²) < 4.78 is 0. The summed E-state index contributed by atoms with van der Waals surface area (Å²) in [6, 6.07) is 8.36. The number of carbonyl (C=O) groups excluding carboxylic acids is 1. The quantitative estimate of drug-likeness (QED) is 0.735. The summed E-state index contributed by atoms with van der Waals surface area (Å²) in [5.41, 5.74) is 1.86. The van der Waals surface area contributed by atoms with E-state index in [1.54, 1.807) is 0 Å². The van der Waals surface area contributed by atoms with Gasteiger partial charge in [0.1, 0.15) is 0 Å². The summed E-state index contributed by atoms with van der Waals surface area (Å²) in [6.07, 6.45) is 2.57. The molecule has 0 spiro atoms. The van der Waals surface area contributed by atoms with E-state index in [1.165, 1.54) is 12.8 Å². The number of aryl methyl sites for hydroxylation is 1. The molecule has 3 nitrogen and oxygen atoms in total. The third kappa shape index (κ3) is 3.35. The van der Waals surface area contributed by atoms with Crippen molar-refractivity contribution in [3.8, 4) is 0 Å². The summed E-state index contributed by atoms with van der Waals surface area (Å²) in [4.78, 5) is 11.7. The molecule has 0 bridgehead atoms. The zero-order valence-electron chi connectivity index (χ0n) is 9.62. The first-order chi connectivity index (χ1) is 7.75. The fourth-order valence-corrected chi connectivity index (χ4v) is 1.63. The Morgan fingerprint density at radius 3 is 2.88 bits per heavy atom. The van der Waals surface area contributed by atoms with E-state index in [9.17, 15) is 4.79 Å². The first-order valence-electron chi connectivity index (χ1n) is 5.84. The molecule has 0 heterocycles. The predicted octanol–water partition coefficient (Wildman–Crippen LogP) is 1.48. The molecule has 0 aromatic heterocycles. The van der Waals surface area contributed by atoms with Crippen molar-refractivity contribution < 1.29 is 4.79 Å². The summed E-state index contributed by atoms with van der Waals surface area (Å²) in [5, 5.41) is 6.27. The monoisotopic (exact) mass is 218 g/mol. The van der Waals surface area contributed by atoms with Gasteiger partial charge in [0.2, 0.25) is 0 Å². The molecule has 0 unspecified atom stereocenters. The number of rotatable bonds is 5. The Morgan fingerprint density at radius 1 is 1.38 bits per heavy atom. The molecule has 2 N–H and O–H groups in total. The lowest BCUT2D eigenvalue weighted by molar-refractivity contribution is 0.0954. The van der Waals surface area contributed by atoms with Crippen molar-refractivity contribution >= 4 is 5.91 Å². The zero-order chi connectivity index (χ0) is 11.4. The van der Waals surface area contributed by atoms with Gasteiger partial charge < -0.3 is 10.6 Å². The second-order valence-corrected chi connectivity index (χ2v) is 4.35. The fourth-order valence-electron chi connectivity index (χ4n) is 1.63. The van der Waals surface area contributed by atoms with Gasteiger partial charge in [-0.25, -0.2) is 0 Å². The lowest BCUT2D eigenvalue weighted by atomic mass is 10.1. The first kappa shape index (κ1) is 11.1. The maximum Gasteiger partial charge on any atom is 0.251 e. The van der Waals surface area contributed by atoms with Crippen molar-refractivity contribution in [2.45, 2.75) is 25.8 Å². The van der Waals surface area contributed by atoms with Crippen LogP contribution in [0.3, 0.4) is 0 Å². The van der Waals surface area contributed by atoms with Crippen LogP contribution >= 0.6 is 0 Å². The maximum atomic E-state index is 11.7. The normalized spacial score (nSPS) is 14.8. The molecular weight excluding hydrogens is 200 g/mol. The summed E-state index contributed by atoms with van der Waals surface area (Å²) in [6.45, 7) is 3.55. The number of nitrogens with one attached hydrogen (secondary N) is 2. The fraction of sp³-hybridized carbons (Fsp3) is 0.462. The summed E-state index contributed by atoms with van der Waals surface area (Å²) in [7, 11) is 0. The Kier molecular flexibility index (Phi) is 3.57. The molecular formula is C13H18N2O. The molecule has 2 rings (SSSR count). The van der Waals surface area contributed by atoms with Gasteiger partial charge >= 0.3 is 0 Å². The van der Waals surface area contributed by atoms with Crippen LogP contribution in [0.4, 0.5) is 0 Å². The molecule has 1 aliphatic rings. The third-order valence-electron chi connectivity index (χ3n) is 2.70. The lowest BCUT2D eigenvalue weighted by Crippen LogP contribution is -2.32. The minimum atomic E-state index is 0.0151. The molecule has 1 aromatic rings. The van der Waals surface area contributed by atoms with Gasteiger partial charge in [-0.3, -0.25) is 4.79 Å². The highest BCUT2D eigenvalue weighted by Gasteiger charge is 2.19. The Bertz CT molecular complexity index is 372. The lowest BCUT2D eigenvalue weighted by Gasteiger charge is -2.06. The second kappa shape index (κ2) is 5.12. The van der Waals surface area contributed by atoms with Crippen LogP contribution in [-0.2, 0) is 0 Å². The van der Waals surface area contributed by atoms with Gasteiger partial charge in [-0.2, -0.15) is 0 Å². The minimum Gasteiger partial charge on any atom is -0.351 e. The van der Waals surface area contributed by atoms with Crippen LogP contribution in [0.5, 0.6) is 0 Å². The van der Waals surface area contributed by atoms with Crippen molar-refractivity contribution in [2.75, 3.05) is 13.1 Å². The van der Waals surface area contributed by atoms with E-state index in [4.69, 9.17) is 0 Å². The zero-order valence-corrected chi connectivity index (χ0v) is 9.62. The molecule has 0 radical (unpaired) electrons. The van der Waals surface area contributed by atoms with Crippen LogP contribution < -0.4 is 10.6 Å². The van der Waals surface area contributed by atoms with E-state index >= 15 is 0 Å². The van der Waals surface area contributed by atoms with E-state index < -0.39 is 0 Å². The van der Waals surface area contributed by atoms with Crippen LogP contribution in [-0.4, -0.2) is 25.0 Å². The van der Waals surface area contributed by atoms with Crippen molar-refractivity contribution in [1.82, 2.24) is 10.6 Å². The van der Waals surface area contributed by atoms with Gasteiger partial charge in [-0.15, -0.1) is 0 Å².